The Labute approximate surface area is 201 Å². The molecule has 5 rings (SSSR count). The highest BCUT2D eigenvalue weighted by Gasteiger charge is 2.42. The Morgan fingerprint density at radius 3 is 2.47 bits per heavy atom. The van der Waals surface area contributed by atoms with Crippen molar-refractivity contribution < 1.29 is 14.5 Å². The van der Waals surface area contributed by atoms with Crippen LogP contribution in [0.3, 0.4) is 0 Å². The first kappa shape index (κ1) is 22.5. The van der Waals surface area contributed by atoms with E-state index in [1.807, 2.05) is 17.0 Å². The van der Waals surface area contributed by atoms with Crippen LogP contribution in [-0.4, -0.2) is 70.2 Å². The molecule has 34 heavy (non-hydrogen) atoms. The van der Waals surface area contributed by atoms with Gasteiger partial charge in [-0.05, 0) is 36.2 Å². The van der Waals surface area contributed by atoms with E-state index in [0.717, 1.165) is 56.0 Å². The van der Waals surface area contributed by atoms with Gasteiger partial charge in [0.2, 0.25) is 0 Å². The molecule has 3 heterocycles. The number of nitrogens with one attached hydrogen (secondary N) is 1. The molecule has 1 aromatic heterocycles. The Kier molecular flexibility index (Phi) is 6.32. The molecule has 1 amide bonds. The van der Waals surface area contributed by atoms with Crippen LogP contribution >= 0.6 is 11.6 Å². The molecule has 1 unspecified atom stereocenters. The number of ether oxygens (including phenoxy) is 1. The molecule has 3 aromatic rings. The van der Waals surface area contributed by atoms with Crippen molar-refractivity contribution in [2.24, 2.45) is 0 Å². The molecule has 0 bridgehead atoms. The minimum Gasteiger partial charge on any atom is -0.379 e. The van der Waals surface area contributed by atoms with Crippen molar-refractivity contribution in [2.75, 3.05) is 39.4 Å². The number of carbonyl (C=O) groups excluding carboxylic acids is 1. The molecule has 0 saturated carbocycles. The average molecular weight is 482 g/mol. The monoisotopic (exact) mass is 481 g/mol. The van der Waals surface area contributed by atoms with Gasteiger partial charge >= 0.3 is 0 Å². The maximum absolute atomic E-state index is 13.4. The number of nitro benzene ring substituents is 1. The van der Waals surface area contributed by atoms with Gasteiger partial charge in [-0.25, -0.2) is 0 Å². The summed E-state index contributed by atoms with van der Waals surface area (Å²) in [5, 5.41) is 19.2. The van der Waals surface area contributed by atoms with Gasteiger partial charge in [0.25, 0.3) is 11.6 Å². The van der Waals surface area contributed by atoms with Crippen LogP contribution < -0.4 is 0 Å². The summed E-state index contributed by atoms with van der Waals surface area (Å²) in [5.74, 6) is -0.118. The summed E-state index contributed by atoms with van der Waals surface area (Å²) in [7, 11) is 0. The smallest absolute Gasteiger partial charge is 0.273 e. The summed E-state index contributed by atoms with van der Waals surface area (Å²) in [6.45, 7) is 4.67. The maximum Gasteiger partial charge on any atom is 0.273 e. The molecular weight excluding hydrogens is 458 g/mol. The van der Waals surface area contributed by atoms with E-state index in [2.05, 4.69) is 15.1 Å². The zero-order chi connectivity index (χ0) is 23.7. The minimum atomic E-state index is -0.425. The third-order valence-corrected chi connectivity index (χ3v) is 6.63. The second-order valence-electron chi connectivity index (χ2n) is 8.43. The fourth-order valence-corrected chi connectivity index (χ4v) is 4.80. The fourth-order valence-electron chi connectivity index (χ4n) is 4.67. The van der Waals surface area contributed by atoms with Crippen LogP contribution in [0.2, 0.25) is 5.02 Å². The lowest BCUT2D eigenvalue weighted by Gasteiger charge is -2.29. The molecule has 2 aliphatic rings. The quantitative estimate of drug-likeness (QED) is 0.405. The third-order valence-electron chi connectivity index (χ3n) is 6.38. The lowest BCUT2D eigenvalue weighted by molar-refractivity contribution is -0.384. The average Bonchev–Trinajstić information content (AvgIpc) is 3.39. The number of non-ortho nitro benzene ring substituents is 1. The molecule has 1 saturated heterocycles. The molecule has 2 aliphatic heterocycles. The van der Waals surface area contributed by atoms with Crippen molar-refractivity contribution in [3.8, 4) is 11.3 Å². The lowest BCUT2D eigenvalue weighted by Crippen LogP contribution is -2.38. The Balaban J connectivity index is 1.48. The molecule has 1 fully saturated rings. The molecule has 1 N–H and O–H groups in total. The first-order valence-corrected chi connectivity index (χ1v) is 11.6. The molecule has 0 radical (unpaired) electrons. The van der Waals surface area contributed by atoms with Crippen molar-refractivity contribution in [3.63, 3.8) is 0 Å². The lowest BCUT2D eigenvalue weighted by atomic mass is 9.96. The van der Waals surface area contributed by atoms with Crippen LogP contribution in [-0.2, 0) is 4.74 Å². The summed E-state index contributed by atoms with van der Waals surface area (Å²) in [6.07, 6.45) is 0.809. The summed E-state index contributed by atoms with van der Waals surface area (Å²) in [6, 6.07) is 13.3. The highest BCUT2D eigenvalue weighted by Crippen LogP contribution is 2.43. The topological polar surface area (TPSA) is 105 Å². The number of hydrogen-bond acceptors (Lipinski definition) is 6. The van der Waals surface area contributed by atoms with E-state index in [9.17, 15) is 14.9 Å². The predicted molar refractivity (Wildman–Crippen MR) is 127 cm³/mol. The van der Waals surface area contributed by atoms with Gasteiger partial charge in [-0.3, -0.25) is 24.9 Å². The largest absolute Gasteiger partial charge is 0.379 e. The number of fused-ring (bicyclic) bond motifs is 1. The molecule has 9 nitrogen and oxygen atoms in total. The number of nitro groups is 1. The number of rotatable bonds is 7. The predicted octanol–water partition coefficient (Wildman–Crippen LogP) is 3.91. The van der Waals surface area contributed by atoms with Gasteiger partial charge in [0.05, 0.1) is 29.9 Å². The fraction of sp³-hybridized carbons (Fsp3) is 0.333. The third kappa shape index (κ3) is 4.29. The van der Waals surface area contributed by atoms with Crippen molar-refractivity contribution in [1.29, 1.82) is 0 Å². The van der Waals surface area contributed by atoms with Gasteiger partial charge in [0, 0.05) is 54.5 Å². The molecular formula is C24H24ClN5O4. The number of aromatic amines is 1. The number of hydrogen-bond donors (Lipinski definition) is 1. The molecule has 176 valence electrons. The first-order valence-electron chi connectivity index (χ1n) is 11.2. The van der Waals surface area contributed by atoms with Crippen LogP contribution in [0.15, 0.2) is 48.5 Å². The summed E-state index contributed by atoms with van der Waals surface area (Å²) < 4.78 is 5.42. The number of H-pyrrole nitrogens is 1. The molecule has 1 atom stereocenters. The molecule has 0 aliphatic carbocycles. The highest BCUT2D eigenvalue weighted by atomic mass is 35.5. The van der Waals surface area contributed by atoms with Crippen molar-refractivity contribution in [2.45, 2.75) is 12.5 Å². The molecule has 10 heteroatoms. The van der Waals surface area contributed by atoms with Gasteiger partial charge in [-0.15, -0.1) is 0 Å². The summed E-state index contributed by atoms with van der Waals surface area (Å²) in [4.78, 5) is 28.3. The number of halogens is 1. The number of nitrogens with zero attached hydrogens (tertiary/aromatic N) is 4. The Morgan fingerprint density at radius 2 is 1.79 bits per heavy atom. The van der Waals surface area contributed by atoms with Crippen molar-refractivity contribution in [3.05, 3.63) is 80.5 Å². The van der Waals surface area contributed by atoms with Crippen LogP contribution in [0.4, 0.5) is 5.69 Å². The van der Waals surface area contributed by atoms with E-state index in [4.69, 9.17) is 16.3 Å². The van der Waals surface area contributed by atoms with Gasteiger partial charge in [0.15, 0.2) is 0 Å². The van der Waals surface area contributed by atoms with E-state index in [1.54, 1.807) is 24.3 Å². The minimum absolute atomic E-state index is 0.0114. The molecule has 2 aromatic carbocycles. The normalized spacial score (nSPS) is 18.3. The zero-order valence-electron chi connectivity index (χ0n) is 18.4. The van der Waals surface area contributed by atoms with E-state index >= 15 is 0 Å². The summed E-state index contributed by atoms with van der Waals surface area (Å²) in [5.41, 5.74) is 3.58. The Bertz CT molecular complexity index is 1190. The second kappa shape index (κ2) is 9.54. The van der Waals surface area contributed by atoms with Crippen LogP contribution in [0.1, 0.15) is 34.1 Å². The van der Waals surface area contributed by atoms with E-state index < -0.39 is 11.0 Å². The number of aromatic nitrogens is 2. The zero-order valence-corrected chi connectivity index (χ0v) is 19.2. The van der Waals surface area contributed by atoms with Gasteiger partial charge < -0.3 is 9.64 Å². The van der Waals surface area contributed by atoms with Crippen molar-refractivity contribution in [1.82, 2.24) is 20.0 Å². The second-order valence-corrected chi connectivity index (χ2v) is 8.86. The Hall–Kier alpha value is -3.27. The molecule has 0 spiro atoms. The number of morpholine rings is 1. The van der Waals surface area contributed by atoms with E-state index in [-0.39, 0.29) is 11.6 Å². The highest BCUT2D eigenvalue weighted by molar-refractivity contribution is 6.30. The number of carbonyl (C=O) groups is 1. The maximum atomic E-state index is 13.4. The van der Waals surface area contributed by atoms with Gasteiger partial charge in [-0.1, -0.05) is 23.7 Å². The van der Waals surface area contributed by atoms with Crippen molar-refractivity contribution >= 4 is 23.2 Å². The van der Waals surface area contributed by atoms with Crippen LogP contribution in [0, 0.1) is 10.1 Å². The van der Waals surface area contributed by atoms with Gasteiger partial charge in [0.1, 0.15) is 5.69 Å². The van der Waals surface area contributed by atoms with E-state index in [1.165, 1.54) is 12.1 Å². The van der Waals surface area contributed by atoms with Gasteiger partial charge in [-0.2, -0.15) is 5.10 Å². The first-order chi connectivity index (χ1) is 16.5. The standard InChI is InChI=1S/C24H24ClN5O4/c25-18-6-2-16(3-7-18)21-20-22(27-26-21)24(31)29(11-1-10-28-12-14-34-15-13-28)23(20)17-4-8-19(9-5-17)30(32)33/h2-9,23H,1,10-15H2,(H,26,27). The SMILES string of the molecule is O=C1c2[nH]nc(-c3ccc(Cl)cc3)c2C(c2ccc([N+](=O)[O-])cc2)N1CCCN1CCOCC1. The number of amides is 1. The Morgan fingerprint density at radius 1 is 1.09 bits per heavy atom. The van der Waals surface area contributed by atoms with Crippen LogP contribution in [0.5, 0.6) is 0 Å². The number of benzene rings is 2. The van der Waals surface area contributed by atoms with E-state index in [0.29, 0.717) is 23.0 Å². The van der Waals surface area contributed by atoms with Crippen LogP contribution in [0.25, 0.3) is 11.3 Å². The summed E-state index contributed by atoms with van der Waals surface area (Å²) >= 11 is 6.07.